The molecule has 0 aromatic heterocycles. The molecule has 0 radical (unpaired) electrons. The molecule has 0 bridgehead atoms. The first-order valence-electron chi connectivity index (χ1n) is 3.91. The number of nitroso groups, excluding NO2 is 1. The van der Waals surface area contributed by atoms with Gasteiger partial charge in [0.1, 0.15) is 5.69 Å². The molecule has 0 heterocycles. The van der Waals surface area contributed by atoms with Crippen molar-refractivity contribution in [3.8, 4) is 0 Å². The van der Waals surface area contributed by atoms with Crippen LogP contribution in [-0.2, 0) is 6.42 Å². The van der Waals surface area contributed by atoms with E-state index in [2.05, 4.69) is 5.18 Å². The van der Waals surface area contributed by atoms with E-state index in [0.717, 1.165) is 5.56 Å². The summed E-state index contributed by atoms with van der Waals surface area (Å²) in [4.78, 5) is 10.3. The first-order chi connectivity index (χ1) is 5.74. The second-order valence-corrected chi connectivity index (χ2v) is 2.90. The van der Waals surface area contributed by atoms with Gasteiger partial charge in [-0.2, -0.15) is 0 Å². The Morgan fingerprint density at radius 2 is 2.17 bits per heavy atom. The molecule has 0 aliphatic heterocycles. The molecule has 1 aromatic rings. The smallest absolute Gasteiger partial charge is 0.111 e. The lowest BCUT2D eigenvalue weighted by atomic mass is 10.1. The summed E-state index contributed by atoms with van der Waals surface area (Å²) < 4.78 is 0. The van der Waals surface area contributed by atoms with Gasteiger partial charge in [-0.05, 0) is 30.2 Å². The Balaban J connectivity index is 2.89. The molecule has 0 aliphatic carbocycles. The molecule has 1 unspecified atom stereocenters. The zero-order valence-electron chi connectivity index (χ0n) is 7.03. The maximum atomic E-state index is 10.3. The van der Waals surface area contributed by atoms with Gasteiger partial charge in [0.2, 0.25) is 0 Å². The van der Waals surface area contributed by atoms with Crippen LogP contribution in [0.5, 0.6) is 0 Å². The van der Waals surface area contributed by atoms with Gasteiger partial charge in [0.05, 0.1) is 0 Å². The van der Waals surface area contributed by atoms with E-state index in [0.29, 0.717) is 12.1 Å². The molecule has 0 saturated carbocycles. The normalized spacial score (nSPS) is 12.5. The summed E-state index contributed by atoms with van der Waals surface area (Å²) in [7, 11) is 0. The number of nitrogens with two attached hydrogens (primary N) is 1. The van der Waals surface area contributed by atoms with Gasteiger partial charge in [0.25, 0.3) is 0 Å². The van der Waals surface area contributed by atoms with Crippen LogP contribution in [0, 0.1) is 4.91 Å². The Labute approximate surface area is 71.6 Å². The van der Waals surface area contributed by atoms with E-state index in [1.54, 1.807) is 12.1 Å². The van der Waals surface area contributed by atoms with Crippen molar-refractivity contribution >= 4 is 5.69 Å². The lowest BCUT2D eigenvalue weighted by molar-refractivity contribution is 0.738. The Hall–Kier alpha value is -1.22. The van der Waals surface area contributed by atoms with E-state index < -0.39 is 0 Å². The second-order valence-electron chi connectivity index (χ2n) is 2.90. The summed E-state index contributed by atoms with van der Waals surface area (Å²) in [6.07, 6.45) is 0.696. The monoisotopic (exact) mass is 164 g/mol. The summed E-state index contributed by atoms with van der Waals surface area (Å²) in [6, 6.07) is 7.31. The zero-order chi connectivity index (χ0) is 8.97. The minimum absolute atomic E-state index is 0.0629. The average Bonchev–Trinajstić information content (AvgIpc) is 2.04. The highest BCUT2D eigenvalue weighted by Gasteiger charge is 2.03. The van der Waals surface area contributed by atoms with Crippen molar-refractivity contribution in [2.24, 2.45) is 10.9 Å². The third-order valence-electron chi connectivity index (χ3n) is 1.63. The summed E-state index contributed by atoms with van der Waals surface area (Å²) in [5.41, 5.74) is 7.02. The van der Waals surface area contributed by atoms with Crippen LogP contribution in [0.25, 0.3) is 0 Å². The van der Waals surface area contributed by atoms with Crippen molar-refractivity contribution in [2.45, 2.75) is 19.4 Å². The van der Waals surface area contributed by atoms with Crippen molar-refractivity contribution in [1.82, 2.24) is 0 Å². The highest BCUT2D eigenvalue weighted by Crippen LogP contribution is 2.18. The molecule has 0 aliphatic rings. The maximum Gasteiger partial charge on any atom is 0.111 e. The number of nitrogens with zero attached hydrogens (tertiary/aromatic N) is 1. The number of benzene rings is 1. The minimum Gasteiger partial charge on any atom is -0.328 e. The van der Waals surface area contributed by atoms with Crippen LogP contribution in [0.4, 0.5) is 5.69 Å². The molecule has 0 spiro atoms. The average molecular weight is 164 g/mol. The molecule has 64 valence electrons. The van der Waals surface area contributed by atoms with E-state index in [-0.39, 0.29) is 6.04 Å². The van der Waals surface area contributed by atoms with Crippen LogP contribution in [0.3, 0.4) is 0 Å². The third-order valence-corrected chi connectivity index (χ3v) is 1.63. The molecular weight excluding hydrogens is 152 g/mol. The topological polar surface area (TPSA) is 55.4 Å². The number of hydrogen-bond donors (Lipinski definition) is 1. The number of rotatable bonds is 3. The summed E-state index contributed by atoms with van der Waals surface area (Å²) in [5.74, 6) is 0. The fraction of sp³-hybridized carbons (Fsp3) is 0.333. The van der Waals surface area contributed by atoms with Crippen LogP contribution >= 0.6 is 0 Å². The van der Waals surface area contributed by atoms with Gasteiger partial charge in [-0.3, -0.25) is 0 Å². The highest BCUT2D eigenvalue weighted by molar-refractivity contribution is 5.45. The van der Waals surface area contributed by atoms with Gasteiger partial charge < -0.3 is 5.73 Å². The van der Waals surface area contributed by atoms with Gasteiger partial charge in [-0.1, -0.05) is 18.2 Å². The molecule has 3 heteroatoms. The minimum atomic E-state index is 0.0629. The van der Waals surface area contributed by atoms with Gasteiger partial charge in [-0.15, -0.1) is 4.91 Å². The lowest BCUT2D eigenvalue weighted by Crippen LogP contribution is -2.17. The van der Waals surface area contributed by atoms with Crippen molar-refractivity contribution in [2.75, 3.05) is 0 Å². The van der Waals surface area contributed by atoms with E-state index in [1.165, 1.54) is 0 Å². The molecular formula is C9H12N2O. The lowest BCUT2D eigenvalue weighted by Gasteiger charge is -2.05. The predicted molar refractivity (Wildman–Crippen MR) is 49.3 cm³/mol. The van der Waals surface area contributed by atoms with Gasteiger partial charge in [0.15, 0.2) is 0 Å². The standard InChI is InChI=1S/C9H12N2O/c1-7(10)6-8-4-2-3-5-9(8)11-12/h2-5,7H,6,10H2,1H3. The van der Waals surface area contributed by atoms with Crippen LogP contribution in [-0.4, -0.2) is 6.04 Å². The zero-order valence-corrected chi connectivity index (χ0v) is 7.03. The highest BCUT2D eigenvalue weighted by atomic mass is 16.3. The van der Waals surface area contributed by atoms with E-state index in [4.69, 9.17) is 5.73 Å². The van der Waals surface area contributed by atoms with Crippen LogP contribution in [0.2, 0.25) is 0 Å². The summed E-state index contributed by atoms with van der Waals surface area (Å²) in [6.45, 7) is 1.90. The van der Waals surface area contributed by atoms with Crippen LogP contribution in [0.1, 0.15) is 12.5 Å². The second kappa shape index (κ2) is 3.97. The van der Waals surface area contributed by atoms with Crippen molar-refractivity contribution < 1.29 is 0 Å². The van der Waals surface area contributed by atoms with E-state index in [9.17, 15) is 4.91 Å². The van der Waals surface area contributed by atoms with E-state index in [1.807, 2.05) is 19.1 Å². The Bertz CT molecular complexity index is 271. The fourth-order valence-corrected chi connectivity index (χ4v) is 1.12. The SMILES string of the molecule is CC(N)Cc1ccccc1N=O. The number of hydrogen-bond acceptors (Lipinski definition) is 3. The molecule has 0 saturated heterocycles. The fourth-order valence-electron chi connectivity index (χ4n) is 1.12. The first kappa shape index (κ1) is 8.87. The van der Waals surface area contributed by atoms with Crippen molar-refractivity contribution in [3.05, 3.63) is 34.7 Å². The van der Waals surface area contributed by atoms with Crippen molar-refractivity contribution in [1.29, 1.82) is 0 Å². The molecule has 1 atom stereocenters. The predicted octanol–water partition coefficient (Wildman–Crippen LogP) is 1.97. The Morgan fingerprint density at radius 3 is 2.75 bits per heavy atom. The summed E-state index contributed by atoms with van der Waals surface area (Å²) in [5, 5.41) is 2.92. The van der Waals surface area contributed by atoms with E-state index >= 15 is 0 Å². The molecule has 0 amide bonds. The maximum absolute atomic E-state index is 10.3. The third kappa shape index (κ3) is 2.13. The largest absolute Gasteiger partial charge is 0.328 e. The van der Waals surface area contributed by atoms with Crippen LogP contribution in [0.15, 0.2) is 29.4 Å². The van der Waals surface area contributed by atoms with Crippen molar-refractivity contribution in [3.63, 3.8) is 0 Å². The molecule has 2 N–H and O–H groups in total. The Morgan fingerprint density at radius 1 is 1.50 bits per heavy atom. The van der Waals surface area contributed by atoms with Gasteiger partial charge >= 0.3 is 0 Å². The molecule has 12 heavy (non-hydrogen) atoms. The Kier molecular flexibility index (Phi) is 2.94. The van der Waals surface area contributed by atoms with Gasteiger partial charge in [-0.25, -0.2) is 0 Å². The molecule has 1 aromatic carbocycles. The first-order valence-corrected chi connectivity index (χ1v) is 3.91. The molecule has 1 rings (SSSR count). The van der Waals surface area contributed by atoms with Gasteiger partial charge in [0, 0.05) is 6.04 Å². The molecule has 0 fully saturated rings. The quantitative estimate of drug-likeness (QED) is 0.694. The summed E-state index contributed by atoms with van der Waals surface area (Å²) >= 11 is 0. The van der Waals surface area contributed by atoms with Crippen LogP contribution < -0.4 is 5.73 Å². The molecule has 3 nitrogen and oxygen atoms in total.